The van der Waals surface area contributed by atoms with Gasteiger partial charge in [0.2, 0.25) is 0 Å². The summed E-state index contributed by atoms with van der Waals surface area (Å²) in [7, 11) is 0. The lowest BCUT2D eigenvalue weighted by atomic mass is 10.1. The van der Waals surface area contributed by atoms with Gasteiger partial charge in [0.05, 0.1) is 6.61 Å². The highest BCUT2D eigenvalue weighted by molar-refractivity contribution is 9.10. The molecule has 0 saturated heterocycles. The molecule has 1 aromatic rings. The molecule has 0 atom stereocenters. The van der Waals surface area contributed by atoms with E-state index in [0.29, 0.717) is 6.61 Å². The molecule has 0 aliphatic heterocycles. The second kappa shape index (κ2) is 5.46. The van der Waals surface area contributed by atoms with Crippen LogP contribution in [0, 0.1) is 0 Å². The van der Waals surface area contributed by atoms with Gasteiger partial charge in [0.25, 0.3) is 0 Å². The van der Waals surface area contributed by atoms with Gasteiger partial charge in [-0.3, -0.25) is 4.79 Å². The Kier molecular flexibility index (Phi) is 4.50. The Labute approximate surface area is 104 Å². The summed E-state index contributed by atoms with van der Waals surface area (Å²) < 4.78 is 4.53. The summed E-state index contributed by atoms with van der Waals surface area (Å²) in [6.45, 7) is 3.95. The lowest BCUT2D eigenvalue weighted by Gasteiger charge is -2.14. The number of hydrogen-bond donors (Lipinski definition) is 1. The molecule has 0 radical (unpaired) electrons. The van der Waals surface area contributed by atoms with Gasteiger partial charge in [0.1, 0.15) is 10.0 Å². The highest BCUT2D eigenvalue weighted by Crippen LogP contribution is 2.17. The minimum absolute atomic E-state index is 0.235. The molecule has 0 heterocycles. The highest BCUT2D eigenvalue weighted by Gasteiger charge is 2.25. The molecule has 0 fully saturated rings. The molecule has 16 heavy (non-hydrogen) atoms. The number of ether oxygens (including phenoxy) is 1. The molecule has 1 aromatic carbocycles. The number of benzene rings is 1. The predicted octanol–water partition coefficient (Wildman–Crippen LogP) is 1.82. The number of rotatable bonds is 4. The molecule has 3 nitrogen and oxygen atoms in total. The van der Waals surface area contributed by atoms with Crippen LogP contribution in [0.15, 0.2) is 24.3 Å². The van der Waals surface area contributed by atoms with Gasteiger partial charge in [0, 0.05) is 6.42 Å². The Hall–Kier alpha value is -0.870. The maximum Gasteiger partial charge on any atom is 0.322 e. The van der Waals surface area contributed by atoms with Crippen LogP contribution >= 0.6 is 15.9 Å². The van der Waals surface area contributed by atoms with Crippen molar-refractivity contribution in [1.82, 2.24) is 0 Å². The molecule has 0 bridgehead atoms. The number of carbonyl (C=O) groups excluding carboxylic acids is 1. The van der Waals surface area contributed by atoms with Crippen LogP contribution in [0.1, 0.15) is 19.4 Å². The number of quaternary nitrogens is 1. The van der Waals surface area contributed by atoms with Crippen LogP contribution in [0.5, 0.6) is 0 Å². The Morgan fingerprint density at radius 1 is 1.38 bits per heavy atom. The predicted molar refractivity (Wildman–Crippen MR) is 66.7 cm³/mol. The van der Waals surface area contributed by atoms with Crippen molar-refractivity contribution in [2.24, 2.45) is 0 Å². The zero-order chi connectivity index (χ0) is 12.2. The van der Waals surface area contributed by atoms with Crippen molar-refractivity contribution >= 4 is 27.6 Å². The van der Waals surface area contributed by atoms with Crippen LogP contribution in [0.25, 0.3) is 0 Å². The summed E-state index contributed by atoms with van der Waals surface area (Å²) in [6, 6.07) is 7.89. The number of halogens is 1. The zero-order valence-corrected chi connectivity index (χ0v) is 11.2. The van der Waals surface area contributed by atoms with E-state index in [9.17, 15) is 4.79 Å². The summed E-state index contributed by atoms with van der Waals surface area (Å²) >= 11 is 3.26. The molecule has 1 rings (SSSR count). The quantitative estimate of drug-likeness (QED) is 0.678. The molecule has 0 saturated carbocycles. The SMILES string of the molecule is CC(C)(Br)C(=O)OCCc1ccc([NH3+])cc1. The minimum Gasteiger partial charge on any atom is -0.464 e. The van der Waals surface area contributed by atoms with Gasteiger partial charge in [-0.1, -0.05) is 28.1 Å². The van der Waals surface area contributed by atoms with Crippen LogP contribution in [-0.4, -0.2) is 16.9 Å². The Morgan fingerprint density at radius 3 is 2.44 bits per heavy atom. The molecule has 4 heteroatoms. The van der Waals surface area contributed by atoms with Gasteiger partial charge in [-0.25, -0.2) is 0 Å². The largest absolute Gasteiger partial charge is 0.464 e. The number of carbonyl (C=O) groups is 1. The zero-order valence-electron chi connectivity index (χ0n) is 9.63. The fourth-order valence-electron chi connectivity index (χ4n) is 1.14. The Morgan fingerprint density at radius 2 is 1.94 bits per heavy atom. The standard InChI is InChI=1S/C12H16BrNO2/c1-12(2,13)11(15)16-8-7-9-3-5-10(14)6-4-9/h3-6H,7-8,14H2,1-2H3/p+1. The van der Waals surface area contributed by atoms with E-state index in [1.165, 1.54) is 0 Å². The first-order valence-electron chi connectivity index (χ1n) is 5.16. The van der Waals surface area contributed by atoms with Crippen molar-refractivity contribution in [2.75, 3.05) is 6.61 Å². The maximum atomic E-state index is 11.4. The third-order valence-electron chi connectivity index (χ3n) is 2.13. The molecule has 3 N–H and O–H groups in total. The maximum absolute atomic E-state index is 11.4. The molecule has 0 aromatic heterocycles. The molecule has 0 amide bonds. The molecular formula is C12H17BrNO2+. The first-order chi connectivity index (χ1) is 7.39. The fourth-order valence-corrected chi connectivity index (χ4v) is 1.25. The normalized spacial score (nSPS) is 11.2. The average Bonchev–Trinajstić information content (AvgIpc) is 2.19. The third kappa shape index (κ3) is 4.33. The first kappa shape index (κ1) is 13.2. The number of alkyl halides is 1. The summed E-state index contributed by atoms with van der Waals surface area (Å²) in [5.74, 6) is -0.235. The Bertz CT molecular complexity index is 354. The van der Waals surface area contributed by atoms with Crippen molar-refractivity contribution < 1.29 is 15.3 Å². The van der Waals surface area contributed by atoms with Gasteiger partial charge in [-0.05, 0) is 31.5 Å². The highest BCUT2D eigenvalue weighted by atomic mass is 79.9. The van der Waals surface area contributed by atoms with Crippen molar-refractivity contribution in [3.63, 3.8) is 0 Å². The summed E-state index contributed by atoms with van der Waals surface area (Å²) in [5.41, 5.74) is 5.95. The summed E-state index contributed by atoms with van der Waals surface area (Å²) in [5, 5.41) is 0. The van der Waals surface area contributed by atoms with Gasteiger partial charge in [-0.15, -0.1) is 0 Å². The Balaban J connectivity index is 2.36. The monoisotopic (exact) mass is 286 g/mol. The number of esters is 1. The van der Waals surface area contributed by atoms with Crippen LogP contribution in [0.2, 0.25) is 0 Å². The fraction of sp³-hybridized carbons (Fsp3) is 0.417. The van der Waals surface area contributed by atoms with E-state index in [2.05, 4.69) is 21.7 Å². The molecular weight excluding hydrogens is 270 g/mol. The van der Waals surface area contributed by atoms with E-state index >= 15 is 0 Å². The van der Waals surface area contributed by atoms with Crippen molar-refractivity contribution in [1.29, 1.82) is 0 Å². The van der Waals surface area contributed by atoms with Crippen LogP contribution in [0.3, 0.4) is 0 Å². The van der Waals surface area contributed by atoms with E-state index in [1.807, 2.05) is 24.3 Å². The van der Waals surface area contributed by atoms with Gasteiger partial charge < -0.3 is 10.5 Å². The van der Waals surface area contributed by atoms with E-state index in [1.54, 1.807) is 13.8 Å². The van der Waals surface area contributed by atoms with E-state index in [-0.39, 0.29) is 5.97 Å². The van der Waals surface area contributed by atoms with E-state index in [4.69, 9.17) is 4.74 Å². The lowest BCUT2D eigenvalue weighted by molar-refractivity contribution is -0.254. The second-order valence-electron chi connectivity index (χ2n) is 4.17. The molecule has 0 aliphatic rings. The average molecular weight is 287 g/mol. The molecule has 0 aliphatic carbocycles. The second-order valence-corrected chi connectivity index (χ2v) is 6.16. The summed E-state index contributed by atoms with van der Waals surface area (Å²) in [4.78, 5) is 11.4. The smallest absolute Gasteiger partial charge is 0.322 e. The topological polar surface area (TPSA) is 53.9 Å². The van der Waals surface area contributed by atoms with Crippen molar-refractivity contribution in [3.05, 3.63) is 29.8 Å². The van der Waals surface area contributed by atoms with Crippen LogP contribution in [-0.2, 0) is 16.0 Å². The van der Waals surface area contributed by atoms with Gasteiger partial charge >= 0.3 is 5.97 Å². The van der Waals surface area contributed by atoms with E-state index in [0.717, 1.165) is 17.7 Å². The van der Waals surface area contributed by atoms with Crippen LogP contribution < -0.4 is 5.73 Å². The van der Waals surface area contributed by atoms with Crippen LogP contribution in [0.4, 0.5) is 5.69 Å². The van der Waals surface area contributed by atoms with Gasteiger partial charge in [-0.2, -0.15) is 0 Å². The lowest BCUT2D eigenvalue weighted by Crippen LogP contribution is -2.39. The molecule has 0 spiro atoms. The first-order valence-corrected chi connectivity index (χ1v) is 5.96. The van der Waals surface area contributed by atoms with Crippen molar-refractivity contribution in [3.8, 4) is 0 Å². The number of hydrogen-bond acceptors (Lipinski definition) is 2. The third-order valence-corrected chi connectivity index (χ3v) is 2.46. The van der Waals surface area contributed by atoms with E-state index < -0.39 is 4.32 Å². The summed E-state index contributed by atoms with van der Waals surface area (Å²) in [6.07, 6.45) is 0.731. The molecule has 88 valence electrons. The minimum atomic E-state index is -0.607. The van der Waals surface area contributed by atoms with Gasteiger partial charge in [0.15, 0.2) is 0 Å². The van der Waals surface area contributed by atoms with Crippen molar-refractivity contribution in [2.45, 2.75) is 24.6 Å². The molecule has 0 unspecified atom stereocenters.